The molecule has 1 N–H and O–H groups in total. The topological polar surface area (TPSA) is 68.1 Å². The molecule has 5 heteroatoms. The Balaban J connectivity index is 1.66. The molecule has 0 heterocycles. The van der Waals surface area contributed by atoms with Crippen LogP contribution in [0.2, 0.25) is 0 Å². The lowest BCUT2D eigenvalue weighted by molar-refractivity contribution is 0.0734. The van der Waals surface area contributed by atoms with Crippen LogP contribution in [0.25, 0.3) is 0 Å². The van der Waals surface area contributed by atoms with E-state index in [1.54, 1.807) is 49.7 Å². The molecule has 0 aliphatic carbocycles. The molecule has 0 aliphatic rings. The number of nitrogens with zero attached hydrogens (tertiary/aromatic N) is 1. The zero-order chi connectivity index (χ0) is 20.6. The molecule has 0 radical (unpaired) electrons. The molecule has 29 heavy (non-hydrogen) atoms. The number of ether oxygens (including phenoxy) is 2. The van der Waals surface area contributed by atoms with Gasteiger partial charge in [0.25, 0.3) is 0 Å². The number of phenols is 1. The number of carbonyl (C=O) groups is 1. The third-order valence-corrected chi connectivity index (χ3v) is 4.37. The van der Waals surface area contributed by atoms with Crippen molar-refractivity contribution in [1.82, 2.24) is 0 Å². The summed E-state index contributed by atoms with van der Waals surface area (Å²) >= 11 is 0. The standard InChI is InChI=1S/C24H23NO4/c1-3-4-17-5-10-20(11-6-17)25-16-19-9-14-22(15-23(19)26)29-24(27)18-7-12-21(28-2)13-8-18/h5-16,26H,3-4H2,1-2H3. The summed E-state index contributed by atoms with van der Waals surface area (Å²) in [6.07, 6.45) is 3.73. The molecule has 0 saturated carbocycles. The molecular weight excluding hydrogens is 366 g/mol. The maximum Gasteiger partial charge on any atom is 0.343 e. The number of phenolic OH excluding ortho intramolecular Hbond substituents is 1. The lowest BCUT2D eigenvalue weighted by Gasteiger charge is -2.07. The normalized spacial score (nSPS) is 10.8. The van der Waals surface area contributed by atoms with E-state index in [4.69, 9.17) is 9.47 Å². The predicted octanol–water partition coefficient (Wildman–Crippen LogP) is 5.32. The van der Waals surface area contributed by atoms with E-state index in [1.807, 2.05) is 12.1 Å². The Morgan fingerprint density at radius 3 is 2.31 bits per heavy atom. The molecule has 3 aromatic carbocycles. The highest BCUT2D eigenvalue weighted by atomic mass is 16.5. The van der Waals surface area contributed by atoms with Crippen LogP contribution in [-0.2, 0) is 6.42 Å². The van der Waals surface area contributed by atoms with Crippen molar-refractivity contribution in [3.8, 4) is 17.2 Å². The smallest absolute Gasteiger partial charge is 0.343 e. The Kier molecular flexibility index (Phi) is 6.63. The third-order valence-electron chi connectivity index (χ3n) is 4.37. The summed E-state index contributed by atoms with van der Waals surface area (Å²) in [5.74, 6) is 0.379. The zero-order valence-corrected chi connectivity index (χ0v) is 16.5. The van der Waals surface area contributed by atoms with Gasteiger partial charge in [-0.05, 0) is 60.5 Å². The van der Waals surface area contributed by atoms with Crippen LogP contribution in [0.3, 0.4) is 0 Å². The van der Waals surface area contributed by atoms with Gasteiger partial charge in [0.1, 0.15) is 17.2 Å². The second kappa shape index (κ2) is 9.55. The van der Waals surface area contributed by atoms with Crippen LogP contribution >= 0.6 is 0 Å². The first-order valence-corrected chi connectivity index (χ1v) is 9.41. The fourth-order valence-corrected chi connectivity index (χ4v) is 2.77. The number of benzene rings is 3. The highest BCUT2D eigenvalue weighted by Gasteiger charge is 2.10. The first-order chi connectivity index (χ1) is 14.1. The van der Waals surface area contributed by atoms with Gasteiger partial charge in [-0.3, -0.25) is 4.99 Å². The average Bonchev–Trinajstić information content (AvgIpc) is 2.74. The van der Waals surface area contributed by atoms with Crippen molar-refractivity contribution in [3.05, 3.63) is 83.4 Å². The van der Waals surface area contributed by atoms with E-state index in [-0.39, 0.29) is 11.5 Å². The van der Waals surface area contributed by atoms with E-state index in [0.29, 0.717) is 16.9 Å². The second-order valence-electron chi connectivity index (χ2n) is 6.51. The molecule has 0 aromatic heterocycles. The molecule has 0 unspecified atom stereocenters. The minimum absolute atomic E-state index is 0.0172. The Morgan fingerprint density at radius 2 is 1.69 bits per heavy atom. The fraction of sp³-hybridized carbons (Fsp3) is 0.167. The highest BCUT2D eigenvalue weighted by Crippen LogP contribution is 2.24. The van der Waals surface area contributed by atoms with E-state index >= 15 is 0 Å². The van der Waals surface area contributed by atoms with Crippen LogP contribution < -0.4 is 9.47 Å². The van der Waals surface area contributed by atoms with Crippen LogP contribution in [0.15, 0.2) is 71.7 Å². The molecule has 0 spiro atoms. The van der Waals surface area contributed by atoms with E-state index in [9.17, 15) is 9.90 Å². The number of aliphatic imine (C=N–C) groups is 1. The summed E-state index contributed by atoms with van der Waals surface area (Å²) in [5, 5.41) is 10.2. The third kappa shape index (κ3) is 5.45. The van der Waals surface area contributed by atoms with Gasteiger partial charge in [0.2, 0.25) is 0 Å². The van der Waals surface area contributed by atoms with Crippen molar-refractivity contribution >= 4 is 17.9 Å². The van der Waals surface area contributed by atoms with Crippen molar-refractivity contribution in [3.63, 3.8) is 0 Å². The minimum Gasteiger partial charge on any atom is -0.507 e. The summed E-state index contributed by atoms with van der Waals surface area (Å²) < 4.78 is 10.4. The fourth-order valence-electron chi connectivity index (χ4n) is 2.77. The minimum atomic E-state index is -0.513. The summed E-state index contributed by atoms with van der Waals surface area (Å²) in [7, 11) is 1.56. The van der Waals surface area contributed by atoms with Gasteiger partial charge >= 0.3 is 5.97 Å². The summed E-state index contributed by atoms with van der Waals surface area (Å²) in [6, 6.07) is 19.3. The molecule has 0 amide bonds. The number of carbonyl (C=O) groups excluding carboxylic acids is 1. The number of methoxy groups -OCH3 is 1. The highest BCUT2D eigenvalue weighted by molar-refractivity contribution is 5.91. The molecule has 0 atom stereocenters. The van der Waals surface area contributed by atoms with Crippen LogP contribution in [-0.4, -0.2) is 24.4 Å². The lowest BCUT2D eigenvalue weighted by Crippen LogP contribution is -2.08. The average molecular weight is 389 g/mol. The molecule has 5 nitrogen and oxygen atoms in total. The van der Waals surface area contributed by atoms with Crippen LogP contribution in [0.4, 0.5) is 5.69 Å². The van der Waals surface area contributed by atoms with Crippen LogP contribution in [0, 0.1) is 0 Å². The molecular formula is C24H23NO4. The van der Waals surface area contributed by atoms with E-state index in [1.165, 1.54) is 11.6 Å². The van der Waals surface area contributed by atoms with E-state index in [0.717, 1.165) is 18.5 Å². The Morgan fingerprint density at radius 1 is 1.00 bits per heavy atom. The van der Waals surface area contributed by atoms with Gasteiger partial charge < -0.3 is 14.6 Å². The molecule has 3 rings (SSSR count). The monoisotopic (exact) mass is 389 g/mol. The SMILES string of the molecule is CCCc1ccc(N=Cc2ccc(OC(=O)c3ccc(OC)cc3)cc2O)cc1. The second-order valence-corrected chi connectivity index (χ2v) is 6.51. The lowest BCUT2D eigenvalue weighted by atomic mass is 10.1. The summed E-state index contributed by atoms with van der Waals surface area (Å²) in [4.78, 5) is 16.6. The van der Waals surface area contributed by atoms with Crippen LogP contribution in [0.1, 0.15) is 34.8 Å². The van der Waals surface area contributed by atoms with Gasteiger partial charge in [-0.2, -0.15) is 0 Å². The predicted molar refractivity (Wildman–Crippen MR) is 114 cm³/mol. The van der Waals surface area contributed by atoms with E-state index in [2.05, 4.69) is 24.0 Å². The van der Waals surface area contributed by atoms with Gasteiger partial charge in [0.05, 0.1) is 18.4 Å². The molecule has 0 bridgehead atoms. The van der Waals surface area contributed by atoms with Crippen molar-refractivity contribution in [2.75, 3.05) is 7.11 Å². The number of hydrogen-bond donors (Lipinski definition) is 1. The number of aryl methyl sites for hydroxylation is 1. The van der Waals surface area contributed by atoms with Crippen molar-refractivity contribution in [2.24, 2.45) is 4.99 Å². The summed E-state index contributed by atoms with van der Waals surface area (Å²) in [6.45, 7) is 2.15. The number of esters is 1. The largest absolute Gasteiger partial charge is 0.507 e. The maximum absolute atomic E-state index is 12.2. The van der Waals surface area contributed by atoms with E-state index < -0.39 is 5.97 Å². The van der Waals surface area contributed by atoms with Crippen molar-refractivity contribution < 1.29 is 19.4 Å². The number of rotatable bonds is 7. The van der Waals surface area contributed by atoms with Gasteiger partial charge in [0, 0.05) is 17.8 Å². The Bertz CT molecular complexity index is 992. The first kappa shape index (κ1) is 20.1. The van der Waals surface area contributed by atoms with Gasteiger partial charge in [-0.1, -0.05) is 25.5 Å². The molecule has 148 valence electrons. The van der Waals surface area contributed by atoms with Gasteiger partial charge in [0.15, 0.2) is 0 Å². The molecule has 0 aliphatic heterocycles. The van der Waals surface area contributed by atoms with Crippen molar-refractivity contribution in [1.29, 1.82) is 0 Å². The number of aromatic hydroxyl groups is 1. The first-order valence-electron chi connectivity index (χ1n) is 9.41. The Labute approximate surface area is 170 Å². The zero-order valence-electron chi connectivity index (χ0n) is 16.5. The van der Waals surface area contributed by atoms with Gasteiger partial charge in [-0.25, -0.2) is 4.79 Å². The van der Waals surface area contributed by atoms with Gasteiger partial charge in [-0.15, -0.1) is 0 Å². The Hall–Kier alpha value is -3.60. The molecule has 0 saturated heterocycles. The van der Waals surface area contributed by atoms with Crippen LogP contribution in [0.5, 0.6) is 17.2 Å². The summed E-state index contributed by atoms with van der Waals surface area (Å²) in [5.41, 5.74) is 3.01. The molecule has 3 aromatic rings. The maximum atomic E-state index is 12.2. The number of hydrogen-bond acceptors (Lipinski definition) is 5. The quantitative estimate of drug-likeness (QED) is 0.337. The van der Waals surface area contributed by atoms with Crippen molar-refractivity contribution in [2.45, 2.75) is 19.8 Å². The molecule has 0 fully saturated rings.